The molecule has 1 aromatic carbocycles. The summed E-state index contributed by atoms with van der Waals surface area (Å²) in [7, 11) is 3.37. The van der Waals surface area contributed by atoms with E-state index < -0.39 is 0 Å². The van der Waals surface area contributed by atoms with E-state index in [1.54, 1.807) is 19.1 Å². The molecule has 22 heavy (non-hydrogen) atoms. The molecule has 2 amide bonds. The highest BCUT2D eigenvalue weighted by molar-refractivity contribution is 5.78. The maximum absolute atomic E-state index is 11.9. The number of nitrogens with zero attached hydrogens (tertiary/aromatic N) is 1. The van der Waals surface area contributed by atoms with Gasteiger partial charge in [0.1, 0.15) is 12.4 Å². The van der Waals surface area contributed by atoms with Crippen molar-refractivity contribution >= 4 is 11.8 Å². The standard InChI is InChI=1S/C16H22N2O4/c1-18-10-14(22-11-16(18)20)9-17-15(19)8-5-12-3-6-13(21-2)7-4-12/h3-4,6-7,14H,5,8-11H2,1-2H3,(H,17,19). The Bertz CT molecular complexity index is 515. The van der Waals surface area contributed by atoms with Gasteiger partial charge in [-0.2, -0.15) is 0 Å². The van der Waals surface area contributed by atoms with Gasteiger partial charge in [-0.3, -0.25) is 9.59 Å². The molecule has 1 aliphatic heterocycles. The smallest absolute Gasteiger partial charge is 0.248 e. The van der Waals surface area contributed by atoms with Gasteiger partial charge in [-0.15, -0.1) is 0 Å². The molecule has 120 valence electrons. The van der Waals surface area contributed by atoms with Gasteiger partial charge in [0.25, 0.3) is 0 Å². The minimum atomic E-state index is -0.132. The Balaban J connectivity index is 1.68. The van der Waals surface area contributed by atoms with E-state index in [0.29, 0.717) is 25.9 Å². The molecule has 1 saturated heterocycles. The van der Waals surface area contributed by atoms with Crippen LogP contribution in [0.4, 0.5) is 0 Å². The van der Waals surface area contributed by atoms with Crippen LogP contribution < -0.4 is 10.1 Å². The third-order valence-corrected chi connectivity index (χ3v) is 3.67. The molecule has 6 heteroatoms. The van der Waals surface area contributed by atoms with E-state index in [1.165, 1.54) is 0 Å². The van der Waals surface area contributed by atoms with Crippen LogP contribution in [0.15, 0.2) is 24.3 Å². The van der Waals surface area contributed by atoms with E-state index in [1.807, 2.05) is 24.3 Å². The predicted molar refractivity (Wildman–Crippen MR) is 81.7 cm³/mol. The first-order valence-corrected chi connectivity index (χ1v) is 7.33. The van der Waals surface area contributed by atoms with Gasteiger partial charge in [-0.05, 0) is 24.1 Å². The first-order valence-electron chi connectivity index (χ1n) is 7.33. The fraction of sp³-hybridized carbons (Fsp3) is 0.500. The van der Waals surface area contributed by atoms with Crippen LogP contribution in [0.25, 0.3) is 0 Å². The summed E-state index contributed by atoms with van der Waals surface area (Å²) in [5.41, 5.74) is 1.09. The van der Waals surface area contributed by atoms with Gasteiger partial charge >= 0.3 is 0 Å². The zero-order valence-electron chi connectivity index (χ0n) is 13.0. The molecule has 1 aromatic rings. The maximum atomic E-state index is 11.9. The largest absolute Gasteiger partial charge is 0.497 e. The summed E-state index contributed by atoms with van der Waals surface area (Å²) in [4.78, 5) is 24.8. The van der Waals surface area contributed by atoms with Crippen LogP contribution in [0.2, 0.25) is 0 Å². The molecule has 0 radical (unpaired) electrons. The van der Waals surface area contributed by atoms with Crippen LogP contribution in [-0.2, 0) is 20.7 Å². The monoisotopic (exact) mass is 306 g/mol. The first-order chi connectivity index (χ1) is 10.6. The third kappa shape index (κ3) is 4.73. The molecule has 0 aromatic heterocycles. The second-order valence-corrected chi connectivity index (χ2v) is 5.36. The second-order valence-electron chi connectivity index (χ2n) is 5.36. The number of benzene rings is 1. The van der Waals surface area contributed by atoms with Gasteiger partial charge in [0.15, 0.2) is 0 Å². The highest BCUT2D eigenvalue weighted by Crippen LogP contribution is 2.12. The summed E-state index contributed by atoms with van der Waals surface area (Å²) < 4.78 is 10.5. The van der Waals surface area contributed by atoms with Crippen LogP contribution in [0.5, 0.6) is 5.75 Å². The number of carbonyl (C=O) groups is 2. The Morgan fingerprint density at radius 2 is 2.14 bits per heavy atom. The number of methoxy groups -OCH3 is 1. The molecule has 1 aliphatic rings. The highest BCUT2D eigenvalue weighted by atomic mass is 16.5. The SMILES string of the molecule is COc1ccc(CCC(=O)NCC2CN(C)C(=O)CO2)cc1. The summed E-state index contributed by atoms with van der Waals surface area (Å²) in [5.74, 6) is 0.766. The second kappa shape index (κ2) is 7.79. The average molecular weight is 306 g/mol. The number of rotatable bonds is 6. The van der Waals surface area contributed by atoms with Crippen LogP contribution in [0.1, 0.15) is 12.0 Å². The normalized spacial score (nSPS) is 18.2. The number of hydrogen-bond donors (Lipinski definition) is 1. The van der Waals surface area contributed by atoms with E-state index >= 15 is 0 Å². The van der Waals surface area contributed by atoms with E-state index in [9.17, 15) is 9.59 Å². The fourth-order valence-corrected chi connectivity index (χ4v) is 2.25. The molecule has 1 atom stereocenters. The molecule has 0 bridgehead atoms. The van der Waals surface area contributed by atoms with E-state index in [2.05, 4.69) is 5.32 Å². The first kappa shape index (κ1) is 16.3. The number of morpholine rings is 1. The van der Waals surface area contributed by atoms with Crippen molar-refractivity contribution in [1.82, 2.24) is 10.2 Å². The predicted octanol–water partition coefficient (Wildman–Crippen LogP) is 0.601. The fourth-order valence-electron chi connectivity index (χ4n) is 2.25. The molecule has 1 fully saturated rings. The minimum Gasteiger partial charge on any atom is -0.497 e. The lowest BCUT2D eigenvalue weighted by atomic mass is 10.1. The summed E-state index contributed by atoms with van der Waals surface area (Å²) in [5, 5.41) is 2.85. The molecule has 0 aliphatic carbocycles. The van der Waals surface area contributed by atoms with Crippen molar-refractivity contribution in [1.29, 1.82) is 0 Å². The van der Waals surface area contributed by atoms with Crippen molar-refractivity contribution < 1.29 is 19.1 Å². The summed E-state index contributed by atoms with van der Waals surface area (Å²) in [6.07, 6.45) is 0.973. The van der Waals surface area contributed by atoms with Crippen molar-refractivity contribution in [2.75, 3.05) is 33.9 Å². The van der Waals surface area contributed by atoms with Crippen LogP contribution in [0.3, 0.4) is 0 Å². The van der Waals surface area contributed by atoms with Gasteiger partial charge in [0.2, 0.25) is 11.8 Å². The van der Waals surface area contributed by atoms with E-state index in [0.717, 1.165) is 11.3 Å². The number of likely N-dealkylation sites (N-methyl/N-ethyl adjacent to an activating group) is 1. The van der Waals surface area contributed by atoms with E-state index in [4.69, 9.17) is 9.47 Å². The molecular weight excluding hydrogens is 284 g/mol. The van der Waals surface area contributed by atoms with Crippen molar-refractivity contribution in [2.24, 2.45) is 0 Å². The Morgan fingerprint density at radius 3 is 2.77 bits per heavy atom. The molecule has 6 nitrogen and oxygen atoms in total. The molecule has 0 spiro atoms. The van der Waals surface area contributed by atoms with Gasteiger partial charge in [0, 0.05) is 26.6 Å². The lowest BCUT2D eigenvalue weighted by molar-refractivity contribution is -0.146. The summed E-state index contributed by atoms with van der Waals surface area (Å²) >= 11 is 0. The van der Waals surface area contributed by atoms with Crippen molar-refractivity contribution in [2.45, 2.75) is 18.9 Å². The number of aryl methyl sites for hydroxylation is 1. The Kier molecular flexibility index (Phi) is 5.77. The number of ether oxygens (including phenoxy) is 2. The molecule has 1 unspecified atom stereocenters. The van der Waals surface area contributed by atoms with Crippen LogP contribution in [0, 0.1) is 0 Å². The Hall–Kier alpha value is -2.08. The van der Waals surface area contributed by atoms with Gasteiger partial charge < -0.3 is 19.7 Å². The van der Waals surface area contributed by atoms with Gasteiger partial charge in [-0.1, -0.05) is 12.1 Å². The number of nitrogens with one attached hydrogen (secondary N) is 1. The summed E-state index contributed by atoms with van der Waals surface area (Å²) in [6, 6.07) is 7.68. The maximum Gasteiger partial charge on any atom is 0.248 e. The van der Waals surface area contributed by atoms with Crippen LogP contribution >= 0.6 is 0 Å². The lowest BCUT2D eigenvalue weighted by Gasteiger charge is -2.29. The zero-order chi connectivity index (χ0) is 15.9. The third-order valence-electron chi connectivity index (χ3n) is 3.67. The van der Waals surface area contributed by atoms with Crippen molar-refractivity contribution in [3.05, 3.63) is 29.8 Å². The average Bonchev–Trinajstić information content (AvgIpc) is 2.54. The quantitative estimate of drug-likeness (QED) is 0.836. The molecule has 0 saturated carbocycles. The Labute approximate surface area is 130 Å². The van der Waals surface area contributed by atoms with Crippen LogP contribution in [-0.4, -0.2) is 56.7 Å². The number of carbonyl (C=O) groups excluding carboxylic acids is 2. The number of amides is 2. The van der Waals surface area contributed by atoms with Gasteiger partial charge in [-0.25, -0.2) is 0 Å². The molecule has 2 rings (SSSR count). The zero-order valence-corrected chi connectivity index (χ0v) is 13.0. The van der Waals surface area contributed by atoms with Crippen molar-refractivity contribution in [3.63, 3.8) is 0 Å². The van der Waals surface area contributed by atoms with Gasteiger partial charge in [0.05, 0.1) is 13.2 Å². The minimum absolute atomic E-state index is 0.0148. The molecule has 1 N–H and O–H groups in total. The molecular formula is C16H22N2O4. The van der Waals surface area contributed by atoms with E-state index in [-0.39, 0.29) is 24.5 Å². The summed E-state index contributed by atoms with van der Waals surface area (Å²) in [6.45, 7) is 1.03. The van der Waals surface area contributed by atoms with Crippen molar-refractivity contribution in [3.8, 4) is 5.75 Å². The topological polar surface area (TPSA) is 67.9 Å². The number of hydrogen-bond acceptors (Lipinski definition) is 4. The molecule has 1 heterocycles. The highest BCUT2D eigenvalue weighted by Gasteiger charge is 2.23. The lowest BCUT2D eigenvalue weighted by Crippen LogP contribution is -2.48. The Morgan fingerprint density at radius 1 is 1.41 bits per heavy atom.